The zero-order valence-electron chi connectivity index (χ0n) is 14.8. The lowest BCUT2D eigenvalue weighted by molar-refractivity contribution is 0.173. The highest BCUT2D eigenvalue weighted by Crippen LogP contribution is 2.19. The molecule has 6 heteroatoms. The van der Waals surface area contributed by atoms with E-state index in [4.69, 9.17) is 5.10 Å². The Balaban J connectivity index is 1.90. The van der Waals surface area contributed by atoms with E-state index in [9.17, 15) is 0 Å². The maximum atomic E-state index is 4.75. The molecule has 0 unspecified atom stereocenters. The topological polar surface area (TPSA) is 49.6 Å². The van der Waals surface area contributed by atoms with Crippen molar-refractivity contribution in [3.8, 4) is 0 Å². The molecule has 0 spiro atoms. The average Bonchev–Trinajstić information content (AvgIpc) is 2.90. The molecule has 0 amide bonds. The Morgan fingerprint density at radius 2 is 2.04 bits per heavy atom. The third kappa shape index (κ3) is 3.47. The molecule has 0 saturated carbocycles. The fourth-order valence-electron chi connectivity index (χ4n) is 3.48. The third-order valence-electron chi connectivity index (χ3n) is 4.66. The molecule has 23 heavy (non-hydrogen) atoms. The minimum atomic E-state index is 0.715. The van der Waals surface area contributed by atoms with Crippen LogP contribution in [-0.2, 0) is 6.54 Å². The van der Waals surface area contributed by atoms with Crippen LogP contribution in [0.1, 0.15) is 45.1 Å². The van der Waals surface area contributed by atoms with Crippen molar-refractivity contribution in [1.29, 1.82) is 0 Å². The van der Waals surface area contributed by atoms with Crippen molar-refractivity contribution in [1.82, 2.24) is 24.5 Å². The lowest BCUT2D eigenvalue weighted by Gasteiger charge is -2.29. The van der Waals surface area contributed by atoms with Crippen molar-refractivity contribution >= 4 is 11.6 Å². The smallest absolute Gasteiger partial charge is 0.254 e. The van der Waals surface area contributed by atoms with Gasteiger partial charge in [-0.1, -0.05) is 6.92 Å². The summed E-state index contributed by atoms with van der Waals surface area (Å²) in [7, 11) is 0. The van der Waals surface area contributed by atoms with Crippen molar-refractivity contribution in [3.63, 3.8) is 0 Å². The van der Waals surface area contributed by atoms with Crippen LogP contribution in [0.5, 0.6) is 0 Å². The quantitative estimate of drug-likeness (QED) is 0.848. The first-order valence-electron chi connectivity index (χ1n) is 8.81. The summed E-state index contributed by atoms with van der Waals surface area (Å²) in [6, 6.07) is 2.10. The minimum absolute atomic E-state index is 0.715. The van der Waals surface area contributed by atoms with Gasteiger partial charge in [0.1, 0.15) is 5.82 Å². The Morgan fingerprint density at radius 3 is 2.74 bits per heavy atom. The average molecular weight is 316 g/mol. The summed E-state index contributed by atoms with van der Waals surface area (Å²) in [5, 5.41) is 4.75. The van der Waals surface area contributed by atoms with Gasteiger partial charge in [0.05, 0.1) is 6.54 Å². The summed E-state index contributed by atoms with van der Waals surface area (Å²) < 4.78 is 1.91. The lowest BCUT2D eigenvalue weighted by Crippen LogP contribution is -2.34. The van der Waals surface area contributed by atoms with Gasteiger partial charge in [0.2, 0.25) is 0 Å². The zero-order chi connectivity index (χ0) is 16.4. The number of anilines is 1. The number of nitrogens with zero attached hydrogens (tertiary/aromatic N) is 6. The second-order valence-corrected chi connectivity index (χ2v) is 6.65. The largest absolute Gasteiger partial charge is 0.357 e. The fourth-order valence-corrected chi connectivity index (χ4v) is 3.48. The first kappa shape index (κ1) is 16.2. The molecule has 1 saturated heterocycles. The van der Waals surface area contributed by atoms with Crippen LogP contribution in [-0.4, -0.2) is 50.7 Å². The zero-order valence-corrected chi connectivity index (χ0v) is 14.8. The third-order valence-corrected chi connectivity index (χ3v) is 4.66. The first-order valence-corrected chi connectivity index (χ1v) is 8.81. The van der Waals surface area contributed by atoms with Gasteiger partial charge in [-0.25, -0.2) is 4.98 Å². The number of hydrogen-bond acceptors (Lipinski definition) is 5. The molecule has 0 bridgehead atoms. The highest BCUT2D eigenvalue weighted by Gasteiger charge is 2.19. The molecule has 2 aromatic rings. The van der Waals surface area contributed by atoms with Crippen molar-refractivity contribution in [3.05, 3.63) is 17.6 Å². The van der Waals surface area contributed by atoms with Crippen LogP contribution in [0.25, 0.3) is 5.78 Å². The van der Waals surface area contributed by atoms with Gasteiger partial charge in [-0.2, -0.15) is 9.50 Å². The first-order chi connectivity index (χ1) is 11.1. The molecule has 1 aliphatic rings. The van der Waals surface area contributed by atoms with Crippen LogP contribution < -0.4 is 4.90 Å². The second kappa shape index (κ2) is 6.83. The molecular formula is C17H28N6. The highest BCUT2D eigenvalue weighted by molar-refractivity contribution is 5.47. The molecule has 126 valence electrons. The monoisotopic (exact) mass is 316 g/mol. The minimum Gasteiger partial charge on any atom is -0.357 e. The molecule has 0 aromatic carbocycles. The van der Waals surface area contributed by atoms with Gasteiger partial charge in [0.25, 0.3) is 5.78 Å². The van der Waals surface area contributed by atoms with E-state index in [1.165, 1.54) is 12.8 Å². The van der Waals surface area contributed by atoms with Crippen LogP contribution in [0.4, 0.5) is 5.82 Å². The van der Waals surface area contributed by atoms with Gasteiger partial charge in [-0.15, -0.1) is 5.10 Å². The van der Waals surface area contributed by atoms with Crippen molar-refractivity contribution in [2.45, 2.75) is 47.1 Å². The number of aromatic nitrogens is 4. The Hall–Kier alpha value is -1.69. The summed E-state index contributed by atoms with van der Waals surface area (Å²) >= 11 is 0. The van der Waals surface area contributed by atoms with Crippen molar-refractivity contribution in [2.75, 3.05) is 31.1 Å². The van der Waals surface area contributed by atoms with E-state index >= 15 is 0 Å². The van der Waals surface area contributed by atoms with Gasteiger partial charge in [0, 0.05) is 31.4 Å². The summed E-state index contributed by atoms with van der Waals surface area (Å²) in [5.74, 6) is 3.45. The van der Waals surface area contributed by atoms with E-state index in [1.54, 1.807) is 0 Å². The highest BCUT2D eigenvalue weighted by atomic mass is 15.4. The number of piperidine rings is 1. The number of likely N-dealkylation sites (tertiary alicyclic amines) is 1. The normalized spacial score (nSPS) is 19.4. The maximum Gasteiger partial charge on any atom is 0.254 e. The summed E-state index contributed by atoms with van der Waals surface area (Å²) in [5.41, 5.74) is 0.991. The molecule has 0 aliphatic carbocycles. The van der Waals surface area contributed by atoms with Gasteiger partial charge < -0.3 is 4.90 Å². The van der Waals surface area contributed by atoms with E-state index in [0.717, 1.165) is 56.0 Å². The molecule has 2 aromatic heterocycles. The van der Waals surface area contributed by atoms with Crippen LogP contribution >= 0.6 is 0 Å². The van der Waals surface area contributed by atoms with Gasteiger partial charge >= 0.3 is 0 Å². The number of hydrogen-bond donors (Lipinski definition) is 0. The van der Waals surface area contributed by atoms with E-state index in [-0.39, 0.29) is 0 Å². The summed E-state index contributed by atoms with van der Waals surface area (Å²) in [6.45, 7) is 13.7. The molecule has 3 rings (SSSR count). The molecule has 3 heterocycles. The van der Waals surface area contributed by atoms with Gasteiger partial charge in [-0.05, 0) is 46.1 Å². The van der Waals surface area contributed by atoms with Crippen LogP contribution in [0.2, 0.25) is 0 Å². The molecule has 1 aliphatic heterocycles. The molecule has 1 atom stereocenters. The Bertz CT molecular complexity index is 660. The Labute approximate surface area is 138 Å². The number of rotatable bonds is 5. The number of aryl methyl sites for hydroxylation is 1. The number of fused-ring (bicyclic) bond motifs is 1. The maximum absolute atomic E-state index is 4.75. The van der Waals surface area contributed by atoms with Gasteiger partial charge in [0.15, 0.2) is 5.82 Å². The van der Waals surface area contributed by atoms with Crippen molar-refractivity contribution in [2.24, 2.45) is 5.92 Å². The lowest BCUT2D eigenvalue weighted by atomic mass is 10.0. The molecule has 6 nitrogen and oxygen atoms in total. The molecule has 0 radical (unpaired) electrons. The van der Waals surface area contributed by atoms with E-state index < -0.39 is 0 Å². The van der Waals surface area contributed by atoms with E-state index in [1.807, 2.05) is 11.4 Å². The Kier molecular flexibility index (Phi) is 4.80. The van der Waals surface area contributed by atoms with Crippen molar-refractivity contribution < 1.29 is 0 Å². The van der Waals surface area contributed by atoms with Crippen LogP contribution in [0, 0.1) is 12.8 Å². The van der Waals surface area contributed by atoms with Gasteiger partial charge in [-0.3, -0.25) is 4.90 Å². The predicted octanol–water partition coefficient (Wildman–Crippen LogP) is 2.51. The summed E-state index contributed by atoms with van der Waals surface area (Å²) in [6.07, 6.45) is 2.61. The van der Waals surface area contributed by atoms with E-state index in [0.29, 0.717) is 5.78 Å². The second-order valence-electron chi connectivity index (χ2n) is 6.65. The predicted molar refractivity (Wildman–Crippen MR) is 92.8 cm³/mol. The fraction of sp³-hybridized carbons (Fsp3) is 0.706. The van der Waals surface area contributed by atoms with E-state index in [2.05, 4.69) is 46.6 Å². The molecular weight excluding hydrogens is 288 g/mol. The standard InChI is InChI=1S/C17H28N6/c1-5-22(6-2)16-10-14(4)18-17-19-15(20-23(16)17)12-21-9-7-8-13(3)11-21/h10,13H,5-9,11-12H2,1-4H3/t13-/m1/s1. The molecule has 0 N–H and O–H groups in total. The summed E-state index contributed by atoms with van der Waals surface area (Å²) in [4.78, 5) is 14.0. The van der Waals surface area contributed by atoms with Crippen LogP contribution in [0.15, 0.2) is 6.07 Å². The molecule has 1 fully saturated rings. The SMILES string of the molecule is CCN(CC)c1cc(C)nc2nc(CN3CCC[C@@H](C)C3)nn12. The Morgan fingerprint density at radius 1 is 1.26 bits per heavy atom. The van der Waals surface area contributed by atoms with Crippen LogP contribution in [0.3, 0.4) is 0 Å².